The molecule has 0 bridgehead atoms. The Bertz CT molecular complexity index is 1890. The Kier molecular flexibility index (Phi) is 6.29. The van der Waals surface area contributed by atoms with Crippen molar-refractivity contribution in [3.8, 4) is 23.0 Å². The van der Waals surface area contributed by atoms with E-state index in [9.17, 15) is 26.3 Å². The average molecular weight is 583 g/mol. The van der Waals surface area contributed by atoms with Crippen molar-refractivity contribution in [3.05, 3.63) is 108 Å². The quantitative estimate of drug-likeness (QED) is 0.190. The Hall–Kier alpha value is -4.80. The number of hydrogen-bond donors (Lipinski definition) is 0. The van der Waals surface area contributed by atoms with Gasteiger partial charge in [-0.3, -0.25) is 0 Å². The van der Waals surface area contributed by atoms with Crippen LogP contribution in [0.3, 0.4) is 0 Å². The first-order valence-electron chi connectivity index (χ1n) is 12.6. The summed E-state index contributed by atoms with van der Waals surface area (Å²) < 4.78 is 105. The number of oxazole rings is 2. The summed E-state index contributed by atoms with van der Waals surface area (Å²) in [6, 6.07) is 19.1. The summed E-state index contributed by atoms with van der Waals surface area (Å²) in [5.74, 6) is 1.27. The molecule has 214 valence electrons. The van der Waals surface area contributed by atoms with Gasteiger partial charge >= 0.3 is 12.4 Å². The second-order valence-corrected chi connectivity index (χ2v) is 9.80. The summed E-state index contributed by atoms with van der Waals surface area (Å²) in [6.07, 6.45) is -11.5. The van der Waals surface area contributed by atoms with Crippen LogP contribution in [0.4, 0.5) is 26.3 Å². The molecule has 0 radical (unpaired) electrons. The molecule has 4 aromatic carbocycles. The van der Waals surface area contributed by atoms with E-state index in [0.29, 0.717) is 17.1 Å². The van der Waals surface area contributed by atoms with Gasteiger partial charge < -0.3 is 13.6 Å². The van der Waals surface area contributed by atoms with E-state index in [2.05, 4.69) is 9.97 Å². The maximum atomic E-state index is 14.7. The van der Waals surface area contributed by atoms with Gasteiger partial charge in [-0.15, -0.1) is 0 Å². The van der Waals surface area contributed by atoms with E-state index < -0.39 is 28.9 Å². The van der Waals surface area contributed by atoms with Crippen LogP contribution in [0, 0.1) is 13.8 Å². The zero-order valence-corrected chi connectivity index (χ0v) is 22.0. The summed E-state index contributed by atoms with van der Waals surface area (Å²) in [5.41, 5.74) is -5.15. The number of fused-ring (bicyclic) bond motifs is 2. The maximum Gasteiger partial charge on any atom is 0.411 e. The molecule has 42 heavy (non-hydrogen) atoms. The minimum atomic E-state index is -5.77. The van der Waals surface area contributed by atoms with E-state index >= 15 is 0 Å². The molecule has 0 unspecified atom stereocenters. The molecular formula is C31H20F6N2O3. The van der Waals surface area contributed by atoms with E-state index in [-0.39, 0.29) is 34.0 Å². The normalized spacial score (nSPS) is 12.8. The number of alkyl halides is 6. The van der Waals surface area contributed by atoms with Gasteiger partial charge in [-0.1, -0.05) is 29.8 Å². The Morgan fingerprint density at radius 1 is 0.595 bits per heavy atom. The van der Waals surface area contributed by atoms with Crippen molar-refractivity contribution in [2.75, 3.05) is 0 Å². The molecule has 0 fully saturated rings. The standard InChI is InChI=1S/C31H20F6N2O3/c1-17-3-9-22(10-4-17)41-23-11-5-19(6-12-23)28-39-25-16-21(8-14-27(25)42-28)29(30(32,33)34,31(35,36)37)20-7-13-26-24(15-20)38-18(2)40-26/h3-16H,1-2H3. The fraction of sp³-hybridized carbons (Fsp3) is 0.161. The van der Waals surface area contributed by atoms with Crippen LogP contribution in [0.5, 0.6) is 11.5 Å². The summed E-state index contributed by atoms with van der Waals surface area (Å²) in [6.45, 7) is 3.40. The number of rotatable bonds is 5. The fourth-order valence-corrected chi connectivity index (χ4v) is 4.95. The number of halogens is 6. The molecule has 0 N–H and O–H groups in total. The van der Waals surface area contributed by atoms with Crippen LogP contribution in [0.15, 0.2) is 93.8 Å². The molecule has 0 aliphatic rings. The number of benzene rings is 4. The number of aryl methyl sites for hydroxylation is 2. The zero-order valence-electron chi connectivity index (χ0n) is 22.0. The lowest BCUT2D eigenvalue weighted by Crippen LogP contribution is -2.54. The summed E-state index contributed by atoms with van der Waals surface area (Å²) >= 11 is 0. The van der Waals surface area contributed by atoms with Gasteiger partial charge in [0.25, 0.3) is 0 Å². The van der Waals surface area contributed by atoms with Gasteiger partial charge in [0.2, 0.25) is 11.3 Å². The lowest BCUT2D eigenvalue weighted by molar-refractivity contribution is -0.288. The molecule has 0 spiro atoms. The Morgan fingerprint density at radius 3 is 1.64 bits per heavy atom. The number of aromatic nitrogens is 2. The molecule has 0 aliphatic heterocycles. The minimum absolute atomic E-state index is 0.0214. The second kappa shape index (κ2) is 9.64. The Morgan fingerprint density at radius 2 is 1.10 bits per heavy atom. The summed E-state index contributed by atoms with van der Waals surface area (Å²) in [4.78, 5) is 8.15. The minimum Gasteiger partial charge on any atom is -0.457 e. The molecular weight excluding hydrogens is 562 g/mol. The Labute approximate surface area is 234 Å². The molecule has 6 rings (SSSR count). The van der Waals surface area contributed by atoms with Gasteiger partial charge in [0.15, 0.2) is 17.1 Å². The van der Waals surface area contributed by atoms with Crippen molar-refractivity contribution in [1.82, 2.24) is 9.97 Å². The molecule has 6 aromatic rings. The van der Waals surface area contributed by atoms with Crippen LogP contribution in [0.1, 0.15) is 22.6 Å². The summed E-state index contributed by atoms with van der Waals surface area (Å²) in [5, 5.41) is 0. The molecule has 11 heteroatoms. The molecule has 0 aliphatic carbocycles. The predicted octanol–water partition coefficient (Wildman–Crippen LogP) is 9.46. The molecule has 0 amide bonds. The second-order valence-electron chi connectivity index (χ2n) is 9.80. The molecule has 0 atom stereocenters. The van der Waals surface area contributed by atoms with Crippen molar-refractivity contribution in [2.24, 2.45) is 0 Å². The van der Waals surface area contributed by atoms with Crippen molar-refractivity contribution >= 4 is 22.2 Å². The first-order chi connectivity index (χ1) is 19.8. The maximum absolute atomic E-state index is 14.7. The van der Waals surface area contributed by atoms with Crippen molar-refractivity contribution < 1.29 is 39.9 Å². The fourth-order valence-electron chi connectivity index (χ4n) is 4.95. The first kappa shape index (κ1) is 27.4. The zero-order chi connectivity index (χ0) is 29.9. The lowest BCUT2D eigenvalue weighted by Gasteiger charge is -2.38. The highest BCUT2D eigenvalue weighted by Gasteiger charge is 2.72. The highest BCUT2D eigenvalue weighted by molar-refractivity contribution is 5.79. The molecule has 5 nitrogen and oxygen atoms in total. The first-order valence-corrected chi connectivity index (χ1v) is 12.6. The predicted molar refractivity (Wildman–Crippen MR) is 142 cm³/mol. The lowest BCUT2D eigenvalue weighted by atomic mass is 9.72. The van der Waals surface area contributed by atoms with Crippen molar-refractivity contribution in [1.29, 1.82) is 0 Å². The molecule has 2 aromatic heterocycles. The van der Waals surface area contributed by atoms with Crippen LogP contribution >= 0.6 is 0 Å². The van der Waals surface area contributed by atoms with Crippen LogP contribution in [0.25, 0.3) is 33.7 Å². The van der Waals surface area contributed by atoms with Crippen LogP contribution in [0.2, 0.25) is 0 Å². The van der Waals surface area contributed by atoms with E-state index in [4.69, 9.17) is 13.6 Å². The SMILES string of the molecule is Cc1ccc(Oc2ccc(-c3nc4cc(C(c5ccc6oc(C)nc6c5)(C(F)(F)F)C(F)(F)F)ccc4o3)cc2)cc1. The van der Waals surface area contributed by atoms with Crippen LogP contribution in [-0.2, 0) is 5.41 Å². The molecule has 0 saturated heterocycles. The van der Waals surface area contributed by atoms with Gasteiger partial charge in [-0.25, -0.2) is 9.97 Å². The topological polar surface area (TPSA) is 61.3 Å². The third-order valence-corrected chi connectivity index (χ3v) is 6.96. The van der Waals surface area contributed by atoms with E-state index in [1.807, 2.05) is 31.2 Å². The van der Waals surface area contributed by atoms with Gasteiger partial charge in [0, 0.05) is 12.5 Å². The number of ether oxygens (including phenoxy) is 1. The molecule has 2 heterocycles. The highest BCUT2D eigenvalue weighted by atomic mass is 19.4. The van der Waals surface area contributed by atoms with Gasteiger partial charge in [0.05, 0.1) is 0 Å². The van der Waals surface area contributed by atoms with Gasteiger partial charge in [0.1, 0.15) is 22.5 Å². The monoisotopic (exact) mass is 582 g/mol. The number of nitrogens with zero attached hydrogens (tertiary/aromatic N) is 2. The largest absolute Gasteiger partial charge is 0.457 e. The van der Waals surface area contributed by atoms with Gasteiger partial charge in [-0.2, -0.15) is 26.3 Å². The van der Waals surface area contributed by atoms with E-state index in [1.165, 1.54) is 6.92 Å². The van der Waals surface area contributed by atoms with Crippen LogP contribution < -0.4 is 4.74 Å². The van der Waals surface area contributed by atoms with E-state index in [1.54, 1.807) is 24.3 Å². The number of hydrogen-bond acceptors (Lipinski definition) is 5. The summed E-state index contributed by atoms with van der Waals surface area (Å²) in [7, 11) is 0. The third-order valence-electron chi connectivity index (χ3n) is 6.96. The third kappa shape index (κ3) is 4.54. The smallest absolute Gasteiger partial charge is 0.411 e. The van der Waals surface area contributed by atoms with Gasteiger partial charge in [-0.05, 0) is 78.7 Å². The molecule has 0 saturated carbocycles. The van der Waals surface area contributed by atoms with E-state index in [0.717, 1.165) is 42.0 Å². The van der Waals surface area contributed by atoms with Crippen LogP contribution in [-0.4, -0.2) is 22.3 Å². The average Bonchev–Trinajstić information content (AvgIpc) is 3.51. The highest BCUT2D eigenvalue weighted by Crippen LogP contribution is 2.56. The van der Waals surface area contributed by atoms with Crippen molar-refractivity contribution in [3.63, 3.8) is 0 Å². The van der Waals surface area contributed by atoms with Crippen molar-refractivity contribution in [2.45, 2.75) is 31.6 Å². The Balaban J connectivity index is 1.41.